The number of sulfonamides is 1. The number of likely N-dealkylation sites (tertiary alicyclic amines) is 1. The highest BCUT2D eigenvalue weighted by molar-refractivity contribution is 7.89. The van der Waals surface area contributed by atoms with Crippen molar-refractivity contribution in [3.63, 3.8) is 0 Å². The van der Waals surface area contributed by atoms with Crippen LogP contribution < -0.4 is 0 Å². The molecule has 0 unspecified atom stereocenters. The van der Waals surface area contributed by atoms with Gasteiger partial charge in [-0.25, -0.2) is 12.7 Å². The Bertz CT molecular complexity index is 453. The highest BCUT2D eigenvalue weighted by Crippen LogP contribution is 2.26. The van der Waals surface area contributed by atoms with E-state index in [-0.39, 0.29) is 16.6 Å². The van der Waals surface area contributed by atoms with Gasteiger partial charge in [-0.15, -0.1) is 0 Å². The van der Waals surface area contributed by atoms with E-state index in [0.717, 1.165) is 12.8 Å². The quantitative estimate of drug-likeness (QED) is 0.776. The lowest BCUT2D eigenvalue weighted by Crippen LogP contribution is -2.48. The van der Waals surface area contributed by atoms with Crippen LogP contribution in [0.25, 0.3) is 0 Å². The second-order valence-corrected chi connectivity index (χ2v) is 9.11. The molecule has 0 spiro atoms. The summed E-state index contributed by atoms with van der Waals surface area (Å²) in [6.45, 7) is 8.18. The fourth-order valence-corrected chi connectivity index (χ4v) is 4.98. The van der Waals surface area contributed by atoms with Gasteiger partial charge in [0.25, 0.3) is 0 Å². The second-order valence-electron chi connectivity index (χ2n) is 6.89. The lowest BCUT2D eigenvalue weighted by Gasteiger charge is -2.36. The minimum atomic E-state index is -3.15. The highest BCUT2D eigenvalue weighted by Gasteiger charge is 2.38. The minimum absolute atomic E-state index is 0.120. The van der Waals surface area contributed by atoms with Crippen LogP contribution in [0, 0.1) is 5.41 Å². The highest BCUT2D eigenvalue weighted by atomic mass is 32.2. The van der Waals surface area contributed by atoms with Crippen LogP contribution in [-0.2, 0) is 14.8 Å². The molecular formula is C14H26N2O3S. The molecule has 0 radical (unpaired) electrons. The van der Waals surface area contributed by atoms with Crippen LogP contribution in [0.5, 0.6) is 0 Å². The standard InChI is InChI=1S/C14H26N2O3S/c1-14(2,3)13(17)15-10-6-12(7-11-15)20(18,19)16-8-4-5-9-16/h12H,4-11H2,1-3H3. The number of nitrogens with zero attached hydrogens (tertiary/aromatic N) is 2. The average Bonchev–Trinajstić information content (AvgIpc) is 2.91. The Kier molecular flexibility index (Phi) is 4.44. The third-order valence-electron chi connectivity index (χ3n) is 4.22. The van der Waals surface area contributed by atoms with Crippen molar-refractivity contribution in [3.8, 4) is 0 Å². The number of hydrogen-bond acceptors (Lipinski definition) is 3. The zero-order chi connectivity index (χ0) is 15.0. The predicted octanol–water partition coefficient (Wildman–Crippen LogP) is 1.45. The summed E-state index contributed by atoms with van der Waals surface area (Å²) in [6.07, 6.45) is 3.09. The van der Waals surface area contributed by atoms with Gasteiger partial charge >= 0.3 is 0 Å². The lowest BCUT2D eigenvalue weighted by atomic mass is 9.93. The molecule has 2 fully saturated rings. The number of carbonyl (C=O) groups is 1. The molecule has 0 aromatic heterocycles. The summed E-state index contributed by atoms with van der Waals surface area (Å²) in [5, 5.41) is -0.301. The Morgan fingerprint density at radius 1 is 1.00 bits per heavy atom. The lowest BCUT2D eigenvalue weighted by molar-refractivity contribution is -0.140. The summed E-state index contributed by atoms with van der Waals surface area (Å²) in [7, 11) is -3.15. The molecule has 2 heterocycles. The smallest absolute Gasteiger partial charge is 0.227 e. The van der Waals surface area contributed by atoms with E-state index in [1.165, 1.54) is 0 Å². The monoisotopic (exact) mass is 302 g/mol. The third kappa shape index (κ3) is 3.17. The summed E-state index contributed by atoms with van der Waals surface area (Å²) >= 11 is 0. The Morgan fingerprint density at radius 3 is 1.95 bits per heavy atom. The van der Waals surface area contributed by atoms with Gasteiger partial charge < -0.3 is 4.90 Å². The van der Waals surface area contributed by atoms with E-state index < -0.39 is 10.0 Å². The first-order valence-electron chi connectivity index (χ1n) is 7.51. The van der Waals surface area contributed by atoms with Crippen molar-refractivity contribution < 1.29 is 13.2 Å². The molecule has 20 heavy (non-hydrogen) atoms. The van der Waals surface area contributed by atoms with Crippen LogP contribution >= 0.6 is 0 Å². The fraction of sp³-hybridized carbons (Fsp3) is 0.929. The van der Waals surface area contributed by atoms with E-state index in [1.54, 1.807) is 4.31 Å². The van der Waals surface area contributed by atoms with Crippen molar-refractivity contribution in [2.24, 2.45) is 5.41 Å². The van der Waals surface area contributed by atoms with Crippen LogP contribution in [0.2, 0.25) is 0 Å². The molecule has 116 valence electrons. The van der Waals surface area contributed by atoms with E-state index in [2.05, 4.69) is 0 Å². The molecule has 2 saturated heterocycles. The normalized spacial score (nSPS) is 23.2. The number of carbonyl (C=O) groups excluding carboxylic acids is 1. The molecule has 2 aliphatic rings. The van der Waals surface area contributed by atoms with E-state index >= 15 is 0 Å². The maximum Gasteiger partial charge on any atom is 0.227 e. The molecule has 0 aromatic rings. The fourth-order valence-electron chi connectivity index (χ4n) is 2.98. The number of amides is 1. The molecule has 5 nitrogen and oxygen atoms in total. The number of hydrogen-bond donors (Lipinski definition) is 0. The maximum atomic E-state index is 12.5. The second kappa shape index (κ2) is 5.64. The topological polar surface area (TPSA) is 57.7 Å². The summed E-state index contributed by atoms with van der Waals surface area (Å²) in [6, 6.07) is 0. The van der Waals surface area contributed by atoms with Gasteiger partial charge in [0.2, 0.25) is 15.9 Å². The van der Waals surface area contributed by atoms with Crippen LogP contribution in [0.15, 0.2) is 0 Å². The SMILES string of the molecule is CC(C)(C)C(=O)N1CCC(S(=O)(=O)N2CCCC2)CC1. The van der Waals surface area contributed by atoms with Crippen molar-refractivity contribution in [1.29, 1.82) is 0 Å². The predicted molar refractivity (Wildman–Crippen MR) is 78.8 cm³/mol. The van der Waals surface area contributed by atoms with Gasteiger partial charge in [0.05, 0.1) is 5.25 Å². The number of piperidine rings is 1. The summed E-state index contributed by atoms with van der Waals surface area (Å²) < 4.78 is 26.6. The first-order valence-corrected chi connectivity index (χ1v) is 9.01. The average molecular weight is 302 g/mol. The van der Waals surface area contributed by atoms with E-state index in [9.17, 15) is 13.2 Å². The molecule has 2 aliphatic heterocycles. The molecule has 1 amide bonds. The van der Waals surface area contributed by atoms with Gasteiger partial charge in [0, 0.05) is 31.6 Å². The van der Waals surface area contributed by atoms with Crippen LogP contribution in [0.4, 0.5) is 0 Å². The van der Waals surface area contributed by atoms with Crippen molar-refractivity contribution in [2.45, 2.75) is 51.7 Å². The molecule has 2 rings (SSSR count). The molecule has 0 bridgehead atoms. The largest absolute Gasteiger partial charge is 0.342 e. The van der Waals surface area contributed by atoms with Crippen molar-refractivity contribution >= 4 is 15.9 Å². The molecule has 6 heteroatoms. The summed E-state index contributed by atoms with van der Waals surface area (Å²) in [5.74, 6) is 0.120. The van der Waals surface area contributed by atoms with Gasteiger partial charge in [-0.05, 0) is 25.7 Å². The van der Waals surface area contributed by atoms with Gasteiger partial charge in [-0.3, -0.25) is 4.79 Å². The van der Waals surface area contributed by atoms with Crippen LogP contribution in [0.3, 0.4) is 0 Å². The molecule has 0 saturated carbocycles. The van der Waals surface area contributed by atoms with Gasteiger partial charge in [-0.1, -0.05) is 20.8 Å². The van der Waals surface area contributed by atoms with E-state index in [1.807, 2.05) is 25.7 Å². The molecule has 0 N–H and O–H groups in total. The van der Waals surface area contributed by atoms with Crippen molar-refractivity contribution in [1.82, 2.24) is 9.21 Å². The van der Waals surface area contributed by atoms with Crippen LogP contribution in [0.1, 0.15) is 46.5 Å². The van der Waals surface area contributed by atoms with Crippen molar-refractivity contribution in [2.75, 3.05) is 26.2 Å². The van der Waals surface area contributed by atoms with Gasteiger partial charge in [-0.2, -0.15) is 0 Å². The van der Waals surface area contributed by atoms with Gasteiger partial charge in [0.1, 0.15) is 0 Å². The molecule has 0 aromatic carbocycles. The summed E-state index contributed by atoms with van der Waals surface area (Å²) in [5.41, 5.74) is -0.388. The first kappa shape index (κ1) is 15.8. The minimum Gasteiger partial charge on any atom is -0.342 e. The van der Waals surface area contributed by atoms with Crippen LogP contribution in [-0.4, -0.2) is 55.0 Å². The number of rotatable bonds is 2. The third-order valence-corrected chi connectivity index (χ3v) is 6.62. The molecule has 0 aliphatic carbocycles. The summed E-state index contributed by atoms with van der Waals surface area (Å²) in [4.78, 5) is 14.0. The van der Waals surface area contributed by atoms with Crippen molar-refractivity contribution in [3.05, 3.63) is 0 Å². The zero-order valence-corrected chi connectivity index (χ0v) is 13.6. The first-order chi connectivity index (χ1) is 9.23. The zero-order valence-electron chi connectivity index (χ0n) is 12.8. The van der Waals surface area contributed by atoms with Gasteiger partial charge in [0.15, 0.2) is 0 Å². The Morgan fingerprint density at radius 2 is 1.50 bits per heavy atom. The Labute approximate surface area is 122 Å². The Hall–Kier alpha value is -0.620. The Balaban J connectivity index is 1.96. The maximum absolute atomic E-state index is 12.5. The molecular weight excluding hydrogens is 276 g/mol. The van der Waals surface area contributed by atoms with E-state index in [0.29, 0.717) is 39.0 Å². The van der Waals surface area contributed by atoms with E-state index in [4.69, 9.17) is 0 Å². The molecule has 0 atom stereocenters.